The number of carbonyl (C=O) groups is 2. The average molecular weight is 435 g/mol. The van der Waals surface area contributed by atoms with Crippen molar-refractivity contribution < 1.29 is 14.0 Å². The van der Waals surface area contributed by atoms with E-state index < -0.39 is 28.8 Å². The highest BCUT2D eigenvalue weighted by Crippen LogP contribution is 2.30. The number of aromatic nitrogens is 2. The van der Waals surface area contributed by atoms with E-state index in [2.05, 4.69) is 15.3 Å². The largest absolute Gasteiger partial charge is 0.370 e. The van der Waals surface area contributed by atoms with Gasteiger partial charge in [0.05, 0.1) is 11.4 Å². The number of primary amides is 1. The van der Waals surface area contributed by atoms with Crippen LogP contribution in [0.25, 0.3) is 5.69 Å². The van der Waals surface area contributed by atoms with Crippen LogP contribution in [0.15, 0.2) is 53.3 Å². The number of rotatable bonds is 5. The minimum Gasteiger partial charge on any atom is -0.370 e. The van der Waals surface area contributed by atoms with Crippen molar-refractivity contribution in [3.63, 3.8) is 0 Å². The van der Waals surface area contributed by atoms with E-state index in [4.69, 9.17) is 5.73 Å². The van der Waals surface area contributed by atoms with Gasteiger partial charge in [0.2, 0.25) is 11.3 Å². The predicted molar refractivity (Wildman–Crippen MR) is 119 cm³/mol. The van der Waals surface area contributed by atoms with Gasteiger partial charge in [0.25, 0.3) is 5.91 Å². The third-order valence-corrected chi connectivity index (χ3v) is 5.38. The maximum Gasteiger partial charge on any atom is 0.280 e. The summed E-state index contributed by atoms with van der Waals surface area (Å²) in [6, 6.07) is 12.0. The number of nitrogens with one attached hydrogen (secondary N) is 1. The van der Waals surface area contributed by atoms with E-state index in [1.165, 1.54) is 35.0 Å². The third kappa shape index (κ3) is 4.09. The topological polar surface area (TPSA) is 110 Å². The number of nitrogens with zero attached hydrogens (tertiary/aromatic N) is 3. The minimum absolute atomic E-state index is 0.118. The molecule has 1 saturated heterocycles. The summed E-state index contributed by atoms with van der Waals surface area (Å²) in [6.07, 6.45) is 2.02. The normalized spacial score (nSPS) is 13.2. The molecule has 0 atom stereocenters. The number of benzene rings is 2. The van der Waals surface area contributed by atoms with Gasteiger partial charge in [-0.1, -0.05) is 12.1 Å². The van der Waals surface area contributed by atoms with Crippen LogP contribution in [-0.2, 0) is 0 Å². The molecule has 2 heterocycles. The maximum absolute atomic E-state index is 14.3. The fraction of sp³-hybridized carbons (Fsp3) is 0.217. The second-order valence-electron chi connectivity index (χ2n) is 7.61. The lowest BCUT2D eigenvalue weighted by atomic mass is 10.1. The van der Waals surface area contributed by atoms with Gasteiger partial charge in [-0.25, -0.2) is 9.07 Å². The summed E-state index contributed by atoms with van der Waals surface area (Å²) in [5.41, 5.74) is 6.21. The molecule has 8 nitrogen and oxygen atoms in total. The van der Waals surface area contributed by atoms with E-state index in [1.54, 1.807) is 25.1 Å². The highest BCUT2D eigenvalue weighted by Gasteiger charge is 2.21. The van der Waals surface area contributed by atoms with Crippen molar-refractivity contribution in [3.05, 3.63) is 81.5 Å². The smallest absolute Gasteiger partial charge is 0.280 e. The van der Waals surface area contributed by atoms with Crippen LogP contribution in [0.2, 0.25) is 0 Å². The molecule has 1 fully saturated rings. The van der Waals surface area contributed by atoms with Gasteiger partial charge >= 0.3 is 0 Å². The SMILES string of the molecule is Cc1cc(=O)c(C(=O)Nc2cc(C(N)=O)ccc2N2CCCC2)nn1-c1ccccc1F. The molecule has 3 aromatic rings. The van der Waals surface area contributed by atoms with Crippen molar-refractivity contribution in [2.24, 2.45) is 5.73 Å². The van der Waals surface area contributed by atoms with Crippen molar-refractivity contribution in [1.82, 2.24) is 9.78 Å². The number of nitrogens with two attached hydrogens (primary N) is 1. The Labute approximate surface area is 183 Å². The summed E-state index contributed by atoms with van der Waals surface area (Å²) in [6.45, 7) is 3.22. The quantitative estimate of drug-likeness (QED) is 0.640. The number of anilines is 2. The highest BCUT2D eigenvalue weighted by atomic mass is 19.1. The first kappa shape index (κ1) is 21.2. The van der Waals surface area contributed by atoms with Crippen LogP contribution in [0.4, 0.5) is 15.8 Å². The van der Waals surface area contributed by atoms with Crippen molar-refractivity contribution in [1.29, 1.82) is 0 Å². The lowest BCUT2D eigenvalue weighted by Gasteiger charge is -2.22. The first-order valence-electron chi connectivity index (χ1n) is 10.2. The van der Waals surface area contributed by atoms with E-state index in [1.807, 2.05) is 0 Å². The van der Waals surface area contributed by atoms with Gasteiger partial charge in [-0.3, -0.25) is 14.4 Å². The number of halogens is 1. The molecule has 2 amide bonds. The van der Waals surface area contributed by atoms with E-state index >= 15 is 0 Å². The molecule has 0 aliphatic carbocycles. The predicted octanol–water partition coefficient (Wildman–Crippen LogP) is 2.63. The Morgan fingerprint density at radius 2 is 1.78 bits per heavy atom. The molecule has 1 aromatic heterocycles. The van der Waals surface area contributed by atoms with Crippen LogP contribution < -0.4 is 21.4 Å². The van der Waals surface area contributed by atoms with Gasteiger partial charge in [0.15, 0.2) is 5.69 Å². The van der Waals surface area contributed by atoms with Gasteiger partial charge in [0.1, 0.15) is 11.5 Å². The molecule has 3 N–H and O–H groups in total. The Bertz CT molecular complexity index is 1260. The van der Waals surface area contributed by atoms with Gasteiger partial charge in [-0.2, -0.15) is 5.10 Å². The number of hydrogen-bond acceptors (Lipinski definition) is 5. The molecule has 0 unspecified atom stereocenters. The Balaban J connectivity index is 1.74. The van der Waals surface area contributed by atoms with Crippen molar-refractivity contribution in [2.45, 2.75) is 19.8 Å². The molecule has 4 rings (SSSR count). The van der Waals surface area contributed by atoms with E-state index in [9.17, 15) is 18.8 Å². The Morgan fingerprint density at radius 3 is 2.47 bits per heavy atom. The average Bonchev–Trinajstić information content (AvgIpc) is 3.29. The molecule has 32 heavy (non-hydrogen) atoms. The Kier molecular flexibility index (Phi) is 5.72. The monoisotopic (exact) mass is 435 g/mol. The second-order valence-corrected chi connectivity index (χ2v) is 7.61. The molecule has 2 aromatic carbocycles. The zero-order valence-corrected chi connectivity index (χ0v) is 17.5. The van der Waals surface area contributed by atoms with Crippen LogP contribution in [0, 0.1) is 12.7 Å². The third-order valence-electron chi connectivity index (χ3n) is 5.38. The molecule has 0 spiro atoms. The molecule has 1 aliphatic rings. The highest BCUT2D eigenvalue weighted by molar-refractivity contribution is 6.06. The maximum atomic E-state index is 14.3. The summed E-state index contributed by atoms with van der Waals surface area (Å²) >= 11 is 0. The summed E-state index contributed by atoms with van der Waals surface area (Å²) in [5, 5.41) is 6.83. The Hall–Kier alpha value is -4.01. The van der Waals surface area contributed by atoms with Crippen LogP contribution in [0.3, 0.4) is 0 Å². The fourth-order valence-corrected chi connectivity index (χ4v) is 3.78. The molecule has 0 radical (unpaired) electrons. The molecule has 1 aliphatic heterocycles. The zero-order chi connectivity index (χ0) is 22.8. The summed E-state index contributed by atoms with van der Waals surface area (Å²) in [4.78, 5) is 39.3. The number of amides is 2. The van der Waals surface area contributed by atoms with Crippen molar-refractivity contribution in [2.75, 3.05) is 23.3 Å². The molecular weight excluding hydrogens is 413 g/mol. The van der Waals surface area contributed by atoms with Gasteiger partial charge in [-0.15, -0.1) is 0 Å². The lowest BCUT2D eigenvalue weighted by molar-refractivity contribution is 0.0995. The molecule has 0 saturated carbocycles. The van der Waals surface area contributed by atoms with Gasteiger partial charge < -0.3 is 16.0 Å². The minimum atomic E-state index is -0.762. The first-order chi connectivity index (χ1) is 15.3. The fourth-order valence-electron chi connectivity index (χ4n) is 3.78. The van der Waals surface area contributed by atoms with Gasteiger partial charge in [0, 0.05) is 30.4 Å². The number of para-hydroxylation sites is 1. The number of carbonyl (C=O) groups excluding carboxylic acids is 2. The molecule has 9 heteroatoms. The molecule has 0 bridgehead atoms. The van der Waals surface area contributed by atoms with Crippen molar-refractivity contribution in [3.8, 4) is 5.69 Å². The van der Waals surface area contributed by atoms with E-state index in [0.717, 1.165) is 31.6 Å². The van der Waals surface area contributed by atoms with E-state index in [-0.39, 0.29) is 11.3 Å². The summed E-state index contributed by atoms with van der Waals surface area (Å²) in [7, 11) is 0. The van der Waals surface area contributed by atoms with Crippen LogP contribution >= 0.6 is 0 Å². The molecule has 164 valence electrons. The summed E-state index contributed by atoms with van der Waals surface area (Å²) < 4.78 is 15.5. The first-order valence-corrected chi connectivity index (χ1v) is 10.2. The van der Waals surface area contributed by atoms with Gasteiger partial charge in [-0.05, 0) is 50.1 Å². The van der Waals surface area contributed by atoms with Crippen LogP contribution in [0.1, 0.15) is 39.4 Å². The van der Waals surface area contributed by atoms with E-state index in [0.29, 0.717) is 11.4 Å². The van der Waals surface area contributed by atoms with Crippen LogP contribution in [-0.4, -0.2) is 34.7 Å². The summed E-state index contributed by atoms with van der Waals surface area (Å²) in [5.74, 6) is -1.94. The number of hydrogen-bond donors (Lipinski definition) is 2. The second kappa shape index (κ2) is 8.62. The van der Waals surface area contributed by atoms with Crippen molar-refractivity contribution >= 4 is 23.2 Å². The number of aryl methyl sites for hydroxylation is 1. The van der Waals surface area contributed by atoms with Crippen LogP contribution in [0.5, 0.6) is 0 Å². The molecular formula is C23H22FN5O3. The Morgan fingerprint density at radius 1 is 1.06 bits per heavy atom. The zero-order valence-electron chi connectivity index (χ0n) is 17.5. The standard InChI is InChI=1S/C23H22FN5O3/c1-14-12-20(30)21(27-29(14)18-7-3-2-6-16(18)24)23(32)26-17-13-15(22(25)31)8-9-19(17)28-10-4-5-11-28/h2-3,6-9,12-13H,4-5,10-11H2,1H3,(H2,25,31)(H,26,32). The lowest BCUT2D eigenvalue weighted by Crippen LogP contribution is -2.28.